The molecule has 0 atom stereocenters. The van der Waals surface area contributed by atoms with E-state index in [0.29, 0.717) is 12.5 Å². The van der Waals surface area contributed by atoms with Gasteiger partial charge >= 0.3 is 0 Å². The quantitative estimate of drug-likeness (QED) is 0.578. The highest BCUT2D eigenvalue weighted by molar-refractivity contribution is 5.92. The van der Waals surface area contributed by atoms with Crippen molar-refractivity contribution in [3.05, 3.63) is 29.8 Å². The second-order valence-corrected chi connectivity index (χ2v) is 5.48. The number of hydrogen-bond donors (Lipinski definition) is 3. The SMILES string of the molecule is Cc1ccc(NC(N)=NCC2(O)CCCCC2)cc1. The average Bonchev–Trinajstić information content (AvgIpc) is 2.40. The summed E-state index contributed by atoms with van der Waals surface area (Å²) in [4.78, 5) is 4.27. The molecule has 0 spiro atoms. The molecule has 0 heterocycles. The van der Waals surface area contributed by atoms with Gasteiger partial charge in [-0.05, 0) is 31.9 Å². The van der Waals surface area contributed by atoms with Crippen molar-refractivity contribution in [3.8, 4) is 0 Å². The molecule has 0 saturated heterocycles. The summed E-state index contributed by atoms with van der Waals surface area (Å²) >= 11 is 0. The molecule has 0 aliphatic heterocycles. The normalized spacial score (nSPS) is 19.2. The summed E-state index contributed by atoms with van der Waals surface area (Å²) in [5.74, 6) is 0.364. The summed E-state index contributed by atoms with van der Waals surface area (Å²) in [5, 5.41) is 13.4. The number of anilines is 1. The molecule has 4 N–H and O–H groups in total. The zero-order valence-corrected chi connectivity index (χ0v) is 11.5. The average molecular weight is 261 g/mol. The molecule has 0 aromatic heterocycles. The molecule has 4 nitrogen and oxygen atoms in total. The maximum Gasteiger partial charge on any atom is 0.193 e. The van der Waals surface area contributed by atoms with Gasteiger partial charge in [0, 0.05) is 5.69 Å². The van der Waals surface area contributed by atoms with E-state index >= 15 is 0 Å². The van der Waals surface area contributed by atoms with Gasteiger partial charge in [-0.3, -0.25) is 4.99 Å². The third-order valence-electron chi connectivity index (χ3n) is 3.65. The maximum absolute atomic E-state index is 10.3. The van der Waals surface area contributed by atoms with E-state index in [1.807, 2.05) is 31.2 Å². The van der Waals surface area contributed by atoms with Crippen molar-refractivity contribution in [2.24, 2.45) is 10.7 Å². The lowest BCUT2D eigenvalue weighted by Crippen LogP contribution is -2.36. The highest BCUT2D eigenvalue weighted by Gasteiger charge is 2.28. The van der Waals surface area contributed by atoms with Crippen molar-refractivity contribution >= 4 is 11.6 Å². The van der Waals surface area contributed by atoms with Crippen LogP contribution >= 0.6 is 0 Å². The Bertz CT molecular complexity index is 433. The first-order valence-corrected chi connectivity index (χ1v) is 6.93. The van der Waals surface area contributed by atoms with Crippen LogP contribution in [0.3, 0.4) is 0 Å². The monoisotopic (exact) mass is 261 g/mol. The van der Waals surface area contributed by atoms with Gasteiger partial charge in [0.25, 0.3) is 0 Å². The van der Waals surface area contributed by atoms with Crippen LogP contribution in [0, 0.1) is 6.92 Å². The summed E-state index contributed by atoms with van der Waals surface area (Å²) in [6.45, 7) is 2.43. The fourth-order valence-corrected chi connectivity index (χ4v) is 2.42. The van der Waals surface area contributed by atoms with Gasteiger partial charge in [0.05, 0.1) is 12.1 Å². The maximum atomic E-state index is 10.3. The zero-order chi connectivity index (χ0) is 13.7. The van der Waals surface area contributed by atoms with E-state index in [1.165, 1.54) is 12.0 Å². The zero-order valence-electron chi connectivity index (χ0n) is 11.5. The van der Waals surface area contributed by atoms with E-state index in [9.17, 15) is 5.11 Å². The van der Waals surface area contributed by atoms with Crippen LogP contribution in [0.1, 0.15) is 37.7 Å². The topological polar surface area (TPSA) is 70.6 Å². The van der Waals surface area contributed by atoms with Gasteiger partial charge in [0.2, 0.25) is 0 Å². The minimum atomic E-state index is -0.655. The first-order chi connectivity index (χ1) is 9.07. The van der Waals surface area contributed by atoms with Crippen LogP contribution in [0.15, 0.2) is 29.3 Å². The molecule has 19 heavy (non-hydrogen) atoms. The van der Waals surface area contributed by atoms with Crippen LogP contribution in [0.4, 0.5) is 5.69 Å². The molecule has 1 aliphatic carbocycles. The molecule has 2 rings (SSSR count). The van der Waals surface area contributed by atoms with Crippen molar-refractivity contribution in [2.45, 2.75) is 44.6 Å². The van der Waals surface area contributed by atoms with Crippen LogP contribution in [0.2, 0.25) is 0 Å². The van der Waals surface area contributed by atoms with Gasteiger partial charge in [-0.15, -0.1) is 0 Å². The fraction of sp³-hybridized carbons (Fsp3) is 0.533. The Morgan fingerprint density at radius 2 is 1.89 bits per heavy atom. The molecule has 1 aromatic rings. The number of nitrogens with one attached hydrogen (secondary N) is 1. The Morgan fingerprint density at radius 1 is 1.26 bits per heavy atom. The lowest BCUT2D eigenvalue weighted by molar-refractivity contribution is 0.0132. The smallest absolute Gasteiger partial charge is 0.193 e. The van der Waals surface area contributed by atoms with E-state index in [1.54, 1.807) is 0 Å². The summed E-state index contributed by atoms with van der Waals surface area (Å²) in [6.07, 6.45) is 5.03. The van der Waals surface area contributed by atoms with E-state index in [4.69, 9.17) is 5.73 Å². The van der Waals surface area contributed by atoms with Crippen molar-refractivity contribution in [1.82, 2.24) is 0 Å². The first-order valence-electron chi connectivity index (χ1n) is 6.93. The molecule has 1 saturated carbocycles. The van der Waals surface area contributed by atoms with Crippen LogP contribution < -0.4 is 11.1 Å². The number of aliphatic imine (C=N–C) groups is 1. The summed E-state index contributed by atoms with van der Waals surface area (Å²) in [5.41, 5.74) is 7.32. The largest absolute Gasteiger partial charge is 0.388 e. The summed E-state index contributed by atoms with van der Waals surface area (Å²) < 4.78 is 0. The number of guanidine groups is 1. The number of rotatable bonds is 3. The van der Waals surface area contributed by atoms with Crippen molar-refractivity contribution in [3.63, 3.8) is 0 Å². The van der Waals surface area contributed by atoms with E-state index in [0.717, 1.165) is 31.4 Å². The Kier molecular flexibility index (Phi) is 4.43. The summed E-state index contributed by atoms with van der Waals surface area (Å²) in [7, 11) is 0. The van der Waals surface area contributed by atoms with Gasteiger partial charge in [0.1, 0.15) is 0 Å². The molecule has 0 bridgehead atoms. The molecule has 104 valence electrons. The predicted molar refractivity (Wildman–Crippen MR) is 79.3 cm³/mol. The number of nitrogens with two attached hydrogens (primary N) is 1. The Balaban J connectivity index is 1.90. The fourth-order valence-electron chi connectivity index (χ4n) is 2.42. The molecule has 0 amide bonds. The molecular formula is C15H23N3O. The number of benzene rings is 1. The molecule has 4 heteroatoms. The first kappa shape index (κ1) is 13.9. The van der Waals surface area contributed by atoms with Crippen LogP contribution in [0.5, 0.6) is 0 Å². The Hall–Kier alpha value is -1.55. The molecule has 1 fully saturated rings. The van der Waals surface area contributed by atoms with E-state index < -0.39 is 5.60 Å². The minimum absolute atomic E-state index is 0.364. The molecular weight excluding hydrogens is 238 g/mol. The molecule has 0 unspecified atom stereocenters. The molecule has 0 radical (unpaired) electrons. The van der Waals surface area contributed by atoms with Gasteiger partial charge in [-0.1, -0.05) is 37.0 Å². The second-order valence-electron chi connectivity index (χ2n) is 5.48. The number of hydrogen-bond acceptors (Lipinski definition) is 2. The van der Waals surface area contributed by atoms with Crippen molar-refractivity contribution < 1.29 is 5.11 Å². The van der Waals surface area contributed by atoms with Gasteiger partial charge in [-0.2, -0.15) is 0 Å². The Labute approximate surface area is 114 Å². The number of aliphatic hydroxyl groups is 1. The third-order valence-corrected chi connectivity index (χ3v) is 3.65. The van der Waals surface area contributed by atoms with Crippen molar-refractivity contribution in [1.29, 1.82) is 0 Å². The van der Waals surface area contributed by atoms with Gasteiger partial charge in [-0.25, -0.2) is 0 Å². The van der Waals surface area contributed by atoms with Crippen LogP contribution in [-0.4, -0.2) is 23.2 Å². The molecule has 1 aromatic carbocycles. The van der Waals surface area contributed by atoms with Gasteiger partial charge < -0.3 is 16.2 Å². The minimum Gasteiger partial charge on any atom is -0.388 e. The molecule has 1 aliphatic rings. The lowest BCUT2D eigenvalue weighted by Gasteiger charge is -2.30. The van der Waals surface area contributed by atoms with Gasteiger partial charge in [0.15, 0.2) is 5.96 Å². The highest BCUT2D eigenvalue weighted by atomic mass is 16.3. The standard InChI is InChI=1S/C15H23N3O/c1-12-5-7-13(8-6-12)18-14(16)17-11-15(19)9-3-2-4-10-15/h5-8,19H,2-4,9-11H2,1H3,(H3,16,17,18). The summed E-state index contributed by atoms with van der Waals surface area (Å²) in [6, 6.07) is 7.97. The highest BCUT2D eigenvalue weighted by Crippen LogP contribution is 2.28. The predicted octanol–water partition coefficient (Wildman–Crippen LogP) is 2.42. The third kappa shape index (κ3) is 4.24. The lowest BCUT2D eigenvalue weighted by atomic mass is 9.85. The van der Waals surface area contributed by atoms with E-state index in [-0.39, 0.29) is 0 Å². The second kappa shape index (κ2) is 6.06. The number of aryl methyl sites for hydroxylation is 1. The van der Waals surface area contributed by atoms with Crippen molar-refractivity contribution in [2.75, 3.05) is 11.9 Å². The Morgan fingerprint density at radius 3 is 2.53 bits per heavy atom. The van der Waals surface area contributed by atoms with Crippen LogP contribution in [0.25, 0.3) is 0 Å². The van der Waals surface area contributed by atoms with Crippen LogP contribution in [-0.2, 0) is 0 Å². The van der Waals surface area contributed by atoms with E-state index in [2.05, 4.69) is 10.3 Å². The number of nitrogens with zero attached hydrogens (tertiary/aromatic N) is 1.